The fourth-order valence-electron chi connectivity index (χ4n) is 3.59. The Morgan fingerprint density at radius 1 is 0.971 bits per heavy atom. The number of hydrogen-bond donors (Lipinski definition) is 4. The molecule has 2 heterocycles. The van der Waals surface area contributed by atoms with Gasteiger partial charge in [0.15, 0.2) is 11.9 Å². The Bertz CT molecular complexity index is 1390. The van der Waals surface area contributed by atoms with Crippen LogP contribution < -0.4 is 10.1 Å². The summed E-state index contributed by atoms with van der Waals surface area (Å²) in [7, 11) is 1.03. The maximum Gasteiger partial charge on any atom is 0.319 e. The van der Waals surface area contributed by atoms with E-state index in [1.54, 1.807) is 0 Å². The van der Waals surface area contributed by atoms with Crippen molar-refractivity contribution in [2.75, 3.05) is 12.4 Å². The minimum atomic E-state index is -1.56. The summed E-state index contributed by atoms with van der Waals surface area (Å²) in [5.41, 5.74) is -2.65. The number of methoxy groups -OCH3 is 1. The summed E-state index contributed by atoms with van der Waals surface area (Å²) in [5.74, 6) is -2.95. The molecule has 0 fully saturated rings. The fourth-order valence-corrected chi connectivity index (χ4v) is 3.59. The average molecular weight is 487 g/mol. The van der Waals surface area contributed by atoms with E-state index in [2.05, 4.69) is 15.4 Å². The number of nitrogens with one attached hydrogen (secondary N) is 1. The number of benzene rings is 2. The van der Waals surface area contributed by atoms with Gasteiger partial charge in [0.2, 0.25) is 5.95 Å². The number of rotatable bonds is 6. The van der Waals surface area contributed by atoms with Gasteiger partial charge >= 0.3 is 11.4 Å². The SMILES string of the molecule is COc1c([N+](=O)[O-])cc(-c2nc3n(n2)C(c2c(O)cc(O)cc2O)C([N+](=O)[O-])=CN3)cc1[N+](=O)[O-]. The van der Waals surface area contributed by atoms with Gasteiger partial charge in [-0.3, -0.25) is 30.3 Å². The van der Waals surface area contributed by atoms with Crippen LogP contribution in [-0.2, 0) is 0 Å². The van der Waals surface area contributed by atoms with E-state index >= 15 is 0 Å². The second-order valence-electron chi connectivity index (χ2n) is 7.04. The van der Waals surface area contributed by atoms with Crippen molar-refractivity contribution in [2.24, 2.45) is 0 Å². The number of phenolic OH excluding ortho intramolecular Hbond substituents is 3. The summed E-state index contributed by atoms with van der Waals surface area (Å²) in [6, 6.07) is 2.00. The maximum atomic E-state index is 11.7. The number of nitro benzene ring substituents is 2. The topological polar surface area (TPSA) is 242 Å². The van der Waals surface area contributed by atoms with Gasteiger partial charge < -0.3 is 25.4 Å². The van der Waals surface area contributed by atoms with Gasteiger partial charge in [-0.25, -0.2) is 4.68 Å². The zero-order valence-electron chi connectivity index (χ0n) is 17.3. The number of nitrogens with zero attached hydrogens (tertiary/aromatic N) is 6. The molecule has 1 aliphatic heterocycles. The van der Waals surface area contributed by atoms with Crippen molar-refractivity contribution in [3.8, 4) is 34.4 Å². The van der Waals surface area contributed by atoms with Crippen molar-refractivity contribution in [1.82, 2.24) is 14.8 Å². The maximum absolute atomic E-state index is 11.7. The smallest absolute Gasteiger partial charge is 0.319 e. The van der Waals surface area contributed by atoms with Crippen LogP contribution in [0.25, 0.3) is 11.4 Å². The first kappa shape index (κ1) is 22.7. The van der Waals surface area contributed by atoms with Crippen LogP contribution in [0.15, 0.2) is 36.2 Å². The summed E-state index contributed by atoms with van der Waals surface area (Å²) in [6.45, 7) is 0. The highest BCUT2D eigenvalue weighted by molar-refractivity contribution is 5.72. The van der Waals surface area contributed by atoms with E-state index in [1.165, 1.54) is 0 Å². The van der Waals surface area contributed by atoms with Crippen LogP contribution in [0.5, 0.6) is 23.0 Å². The largest absolute Gasteiger partial charge is 0.508 e. The lowest BCUT2D eigenvalue weighted by Crippen LogP contribution is -2.25. The Morgan fingerprint density at radius 3 is 2.03 bits per heavy atom. The molecular formula is C18H13N7O10. The van der Waals surface area contributed by atoms with Gasteiger partial charge in [0.1, 0.15) is 17.2 Å². The number of ether oxygens (including phenoxy) is 1. The second-order valence-corrected chi connectivity index (χ2v) is 7.04. The molecule has 1 aliphatic rings. The summed E-state index contributed by atoms with van der Waals surface area (Å²) in [6.07, 6.45) is 0.934. The number of hydrogen-bond acceptors (Lipinski definition) is 13. The summed E-state index contributed by atoms with van der Waals surface area (Å²) < 4.78 is 5.73. The number of aromatic hydroxyl groups is 3. The fraction of sp³-hybridized carbons (Fsp3) is 0.111. The molecule has 0 spiro atoms. The highest BCUT2D eigenvalue weighted by Crippen LogP contribution is 2.45. The predicted molar refractivity (Wildman–Crippen MR) is 114 cm³/mol. The molecule has 0 aliphatic carbocycles. The van der Waals surface area contributed by atoms with Crippen molar-refractivity contribution < 1.29 is 34.8 Å². The first-order chi connectivity index (χ1) is 16.5. The molecular weight excluding hydrogens is 474 g/mol. The zero-order valence-corrected chi connectivity index (χ0v) is 17.3. The molecule has 17 heteroatoms. The minimum Gasteiger partial charge on any atom is -0.508 e. The Balaban J connectivity index is 1.94. The first-order valence-electron chi connectivity index (χ1n) is 9.37. The number of anilines is 1. The molecule has 35 heavy (non-hydrogen) atoms. The Hall–Kier alpha value is -5.48. The first-order valence-corrected chi connectivity index (χ1v) is 9.37. The lowest BCUT2D eigenvalue weighted by Gasteiger charge is -2.22. The number of aromatic nitrogens is 3. The van der Waals surface area contributed by atoms with Gasteiger partial charge in [-0.15, -0.1) is 5.10 Å². The van der Waals surface area contributed by atoms with Gasteiger partial charge in [-0.2, -0.15) is 4.98 Å². The Kier molecular flexibility index (Phi) is 5.28. The molecule has 1 unspecified atom stereocenters. The van der Waals surface area contributed by atoms with Crippen molar-refractivity contribution >= 4 is 17.3 Å². The van der Waals surface area contributed by atoms with E-state index in [0.29, 0.717) is 0 Å². The molecule has 4 rings (SSSR count). The second kappa shape index (κ2) is 8.14. The third-order valence-corrected chi connectivity index (χ3v) is 5.02. The lowest BCUT2D eigenvalue weighted by molar-refractivity contribution is -0.431. The van der Waals surface area contributed by atoms with Crippen LogP contribution in [0.2, 0.25) is 0 Å². The normalized spacial score (nSPS) is 14.4. The zero-order chi connectivity index (χ0) is 25.6. The van der Waals surface area contributed by atoms with Gasteiger partial charge in [0.25, 0.3) is 11.4 Å². The monoisotopic (exact) mass is 487 g/mol. The van der Waals surface area contributed by atoms with Crippen LogP contribution in [0.3, 0.4) is 0 Å². The molecule has 0 saturated heterocycles. The molecule has 17 nitrogen and oxygen atoms in total. The van der Waals surface area contributed by atoms with Crippen molar-refractivity contribution in [3.05, 3.63) is 72.1 Å². The molecule has 0 saturated carbocycles. The van der Waals surface area contributed by atoms with E-state index in [4.69, 9.17) is 4.74 Å². The lowest BCUT2D eigenvalue weighted by atomic mass is 10.0. The summed E-state index contributed by atoms with van der Waals surface area (Å²) >= 11 is 0. The molecule has 0 amide bonds. The van der Waals surface area contributed by atoms with E-state index < -0.39 is 66.4 Å². The third kappa shape index (κ3) is 3.71. The van der Waals surface area contributed by atoms with Gasteiger partial charge in [-0.05, 0) is 0 Å². The van der Waals surface area contributed by atoms with Crippen LogP contribution >= 0.6 is 0 Å². The number of nitro groups is 3. The van der Waals surface area contributed by atoms with E-state index in [1.807, 2.05) is 0 Å². The van der Waals surface area contributed by atoms with Gasteiger partial charge in [-0.1, -0.05) is 0 Å². The quantitative estimate of drug-likeness (QED) is 0.287. The minimum absolute atomic E-state index is 0.149. The molecule has 2 aromatic carbocycles. The Labute approximate surface area is 192 Å². The summed E-state index contributed by atoms with van der Waals surface area (Å²) in [5, 5.41) is 71.5. The third-order valence-electron chi connectivity index (χ3n) is 5.02. The van der Waals surface area contributed by atoms with Crippen LogP contribution in [-0.4, -0.2) is 52.0 Å². The molecule has 1 atom stereocenters. The molecule has 3 aromatic rings. The summed E-state index contributed by atoms with van der Waals surface area (Å²) in [4.78, 5) is 36.1. The van der Waals surface area contributed by atoms with Gasteiger partial charge in [0, 0.05) is 29.8 Å². The van der Waals surface area contributed by atoms with Crippen molar-refractivity contribution in [3.63, 3.8) is 0 Å². The standard InChI is InChI=1S/C18H13N7O10/c1-35-16-9(23(29)30)2-7(3-10(16)24(31)32)17-20-18-19-6-11(25(33)34)15(22(18)21-17)14-12(27)4-8(26)5-13(14)28/h2-6,15,26-28H,1H3,(H,19,20,21). The van der Waals surface area contributed by atoms with Crippen molar-refractivity contribution in [2.45, 2.75) is 6.04 Å². The van der Waals surface area contributed by atoms with Gasteiger partial charge in [0.05, 0.1) is 33.6 Å². The molecule has 4 N–H and O–H groups in total. The van der Waals surface area contributed by atoms with Crippen LogP contribution in [0.4, 0.5) is 17.3 Å². The highest BCUT2D eigenvalue weighted by atomic mass is 16.6. The number of phenols is 3. The van der Waals surface area contributed by atoms with E-state index in [-0.39, 0.29) is 17.3 Å². The highest BCUT2D eigenvalue weighted by Gasteiger charge is 2.39. The molecule has 1 aromatic heterocycles. The molecule has 180 valence electrons. The number of fused-ring (bicyclic) bond motifs is 1. The average Bonchev–Trinajstić information content (AvgIpc) is 3.21. The Morgan fingerprint density at radius 2 is 1.54 bits per heavy atom. The van der Waals surface area contributed by atoms with E-state index in [0.717, 1.165) is 42.3 Å². The van der Waals surface area contributed by atoms with E-state index in [9.17, 15) is 45.7 Å². The predicted octanol–water partition coefficient (Wildman–Crippen LogP) is 2.02. The van der Waals surface area contributed by atoms with Crippen LogP contribution in [0, 0.1) is 30.3 Å². The van der Waals surface area contributed by atoms with Crippen LogP contribution in [0.1, 0.15) is 11.6 Å². The van der Waals surface area contributed by atoms with Crippen molar-refractivity contribution in [1.29, 1.82) is 0 Å². The molecule has 0 bridgehead atoms. The number of allylic oxidation sites excluding steroid dienone is 1. The molecule has 0 radical (unpaired) electrons.